The van der Waals surface area contributed by atoms with Crippen molar-refractivity contribution in [1.82, 2.24) is 9.55 Å². The van der Waals surface area contributed by atoms with Crippen molar-refractivity contribution in [3.8, 4) is 0 Å². The molecule has 1 aromatic heterocycles. The zero-order valence-corrected chi connectivity index (χ0v) is 9.16. The van der Waals surface area contributed by atoms with Gasteiger partial charge in [0, 0.05) is 19.2 Å². The van der Waals surface area contributed by atoms with Gasteiger partial charge < -0.3 is 5.11 Å². The topological polar surface area (TPSA) is 92.2 Å². The standard InChI is InChI=1S/C9H11ClN2O4/c10-6-5-12(9(16)11-8(6)15)4-2-1-3-7(13)14/h5H,1-4H2,(H,13,14)(H,11,15,16). The van der Waals surface area contributed by atoms with E-state index < -0.39 is 17.2 Å². The maximum absolute atomic E-state index is 11.3. The van der Waals surface area contributed by atoms with E-state index in [0.717, 1.165) is 0 Å². The number of aryl methyl sites for hydroxylation is 1. The molecule has 1 rings (SSSR count). The van der Waals surface area contributed by atoms with Gasteiger partial charge in [0.1, 0.15) is 5.02 Å². The molecular weight excluding hydrogens is 236 g/mol. The lowest BCUT2D eigenvalue weighted by Gasteiger charge is -2.03. The normalized spacial score (nSPS) is 10.3. The monoisotopic (exact) mass is 246 g/mol. The van der Waals surface area contributed by atoms with Crippen LogP contribution in [0.5, 0.6) is 0 Å². The molecule has 88 valence electrons. The third-order valence-electron chi connectivity index (χ3n) is 2.01. The second-order valence-corrected chi connectivity index (χ2v) is 3.69. The molecule has 16 heavy (non-hydrogen) atoms. The molecule has 0 radical (unpaired) electrons. The SMILES string of the molecule is O=C(O)CCCCn1cc(Cl)c(=O)[nH]c1=O. The molecule has 0 amide bonds. The molecule has 0 saturated carbocycles. The van der Waals surface area contributed by atoms with Crippen LogP contribution in [0.2, 0.25) is 5.02 Å². The fourth-order valence-corrected chi connectivity index (χ4v) is 1.37. The number of rotatable bonds is 5. The highest BCUT2D eigenvalue weighted by atomic mass is 35.5. The molecule has 2 N–H and O–H groups in total. The van der Waals surface area contributed by atoms with Gasteiger partial charge >= 0.3 is 11.7 Å². The van der Waals surface area contributed by atoms with E-state index in [1.807, 2.05) is 0 Å². The molecule has 7 heteroatoms. The van der Waals surface area contributed by atoms with Crippen LogP contribution >= 0.6 is 11.6 Å². The van der Waals surface area contributed by atoms with Gasteiger partial charge in [-0.05, 0) is 12.8 Å². The number of hydrogen-bond donors (Lipinski definition) is 2. The summed E-state index contributed by atoms with van der Waals surface area (Å²) in [6, 6.07) is 0. The molecule has 1 aromatic rings. The predicted octanol–water partition coefficient (Wildman–Crippen LogP) is 0.445. The van der Waals surface area contributed by atoms with Gasteiger partial charge in [0.2, 0.25) is 0 Å². The van der Waals surface area contributed by atoms with Crippen molar-refractivity contribution in [2.24, 2.45) is 0 Å². The first kappa shape index (κ1) is 12.5. The highest BCUT2D eigenvalue weighted by molar-refractivity contribution is 6.30. The largest absolute Gasteiger partial charge is 0.481 e. The number of aliphatic carboxylic acids is 1. The number of halogens is 1. The number of hydrogen-bond acceptors (Lipinski definition) is 3. The van der Waals surface area contributed by atoms with Crippen LogP contribution in [0, 0.1) is 0 Å². The van der Waals surface area contributed by atoms with E-state index in [1.165, 1.54) is 10.8 Å². The van der Waals surface area contributed by atoms with Gasteiger partial charge in [-0.2, -0.15) is 0 Å². The van der Waals surface area contributed by atoms with Gasteiger partial charge in [-0.25, -0.2) is 4.79 Å². The summed E-state index contributed by atoms with van der Waals surface area (Å²) in [5.74, 6) is -0.869. The first-order valence-corrected chi connectivity index (χ1v) is 5.09. The number of nitrogens with one attached hydrogen (secondary N) is 1. The Morgan fingerprint density at radius 2 is 2.12 bits per heavy atom. The molecule has 0 aliphatic heterocycles. The molecular formula is C9H11ClN2O4. The van der Waals surface area contributed by atoms with E-state index >= 15 is 0 Å². The molecule has 6 nitrogen and oxygen atoms in total. The average molecular weight is 247 g/mol. The summed E-state index contributed by atoms with van der Waals surface area (Å²) in [5.41, 5.74) is -1.15. The lowest BCUT2D eigenvalue weighted by Crippen LogP contribution is -2.29. The van der Waals surface area contributed by atoms with Gasteiger partial charge in [-0.15, -0.1) is 0 Å². The maximum Gasteiger partial charge on any atom is 0.328 e. The number of carbonyl (C=O) groups is 1. The van der Waals surface area contributed by atoms with E-state index in [-0.39, 0.29) is 11.4 Å². The Hall–Kier alpha value is -1.56. The summed E-state index contributed by atoms with van der Waals surface area (Å²) in [5, 5.41) is 8.35. The second kappa shape index (κ2) is 5.50. The summed E-state index contributed by atoms with van der Waals surface area (Å²) >= 11 is 5.55. The molecule has 0 saturated heterocycles. The number of carboxylic acids is 1. The van der Waals surface area contributed by atoms with Crippen molar-refractivity contribution < 1.29 is 9.90 Å². The van der Waals surface area contributed by atoms with Crippen molar-refractivity contribution in [1.29, 1.82) is 0 Å². The van der Waals surface area contributed by atoms with E-state index in [0.29, 0.717) is 19.4 Å². The minimum absolute atomic E-state index is 0.0576. The van der Waals surface area contributed by atoms with Gasteiger partial charge in [0.25, 0.3) is 5.56 Å². The van der Waals surface area contributed by atoms with Crippen molar-refractivity contribution >= 4 is 17.6 Å². The Bertz CT molecular complexity index is 491. The molecule has 0 aromatic carbocycles. The van der Waals surface area contributed by atoms with Crippen LogP contribution in [0.3, 0.4) is 0 Å². The van der Waals surface area contributed by atoms with Gasteiger partial charge in [0.05, 0.1) is 0 Å². The smallest absolute Gasteiger partial charge is 0.328 e. The number of carboxylic acid groups (broad SMARTS) is 1. The summed E-state index contributed by atoms with van der Waals surface area (Å²) in [6.45, 7) is 0.336. The van der Waals surface area contributed by atoms with Crippen LogP contribution in [0.1, 0.15) is 19.3 Å². The molecule has 0 aliphatic carbocycles. The van der Waals surface area contributed by atoms with Crippen molar-refractivity contribution in [3.63, 3.8) is 0 Å². The van der Waals surface area contributed by atoms with Crippen molar-refractivity contribution in [3.05, 3.63) is 32.1 Å². The third kappa shape index (κ3) is 3.54. The van der Waals surface area contributed by atoms with E-state index in [1.54, 1.807) is 0 Å². The third-order valence-corrected chi connectivity index (χ3v) is 2.28. The highest BCUT2D eigenvalue weighted by Gasteiger charge is 2.02. The fraction of sp³-hybridized carbons (Fsp3) is 0.444. The first-order valence-electron chi connectivity index (χ1n) is 4.72. The van der Waals surface area contributed by atoms with Gasteiger partial charge in [0.15, 0.2) is 0 Å². The zero-order valence-electron chi connectivity index (χ0n) is 8.40. The average Bonchev–Trinajstić information content (AvgIpc) is 2.19. The zero-order chi connectivity index (χ0) is 12.1. The summed E-state index contributed by atoms with van der Waals surface area (Å²) in [7, 11) is 0. The van der Waals surface area contributed by atoms with E-state index in [4.69, 9.17) is 16.7 Å². The van der Waals surface area contributed by atoms with Gasteiger partial charge in [-0.1, -0.05) is 11.6 Å². The van der Waals surface area contributed by atoms with E-state index in [9.17, 15) is 14.4 Å². The molecule has 0 bridgehead atoms. The molecule has 0 atom stereocenters. The lowest BCUT2D eigenvalue weighted by atomic mass is 10.2. The predicted molar refractivity (Wildman–Crippen MR) is 57.8 cm³/mol. The number of unbranched alkanes of at least 4 members (excludes halogenated alkanes) is 1. The molecule has 0 aliphatic rings. The van der Waals surface area contributed by atoms with Crippen LogP contribution < -0.4 is 11.2 Å². The molecule has 0 spiro atoms. The lowest BCUT2D eigenvalue weighted by molar-refractivity contribution is -0.137. The van der Waals surface area contributed by atoms with E-state index in [2.05, 4.69) is 4.98 Å². The fourth-order valence-electron chi connectivity index (χ4n) is 1.21. The minimum Gasteiger partial charge on any atom is -0.481 e. The molecule has 1 heterocycles. The number of H-pyrrole nitrogens is 1. The molecule has 0 unspecified atom stereocenters. The van der Waals surface area contributed by atoms with Crippen molar-refractivity contribution in [2.45, 2.75) is 25.8 Å². The minimum atomic E-state index is -0.869. The second-order valence-electron chi connectivity index (χ2n) is 3.28. The Balaban J connectivity index is 2.61. The van der Waals surface area contributed by atoms with Crippen LogP contribution in [0.4, 0.5) is 0 Å². The Morgan fingerprint density at radius 1 is 1.44 bits per heavy atom. The number of nitrogens with zero attached hydrogens (tertiary/aromatic N) is 1. The van der Waals surface area contributed by atoms with Crippen LogP contribution in [-0.4, -0.2) is 20.6 Å². The van der Waals surface area contributed by atoms with Gasteiger partial charge in [-0.3, -0.25) is 19.1 Å². The van der Waals surface area contributed by atoms with Crippen LogP contribution in [0.15, 0.2) is 15.8 Å². The Kier molecular flexibility index (Phi) is 4.30. The molecule has 0 fully saturated rings. The highest BCUT2D eigenvalue weighted by Crippen LogP contribution is 2.00. The van der Waals surface area contributed by atoms with Crippen molar-refractivity contribution in [2.75, 3.05) is 0 Å². The summed E-state index contributed by atoms with van der Waals surface area (Å²) in [6.07, 6.45) is 2.32. The quantitative estimate of drug-likeness (QED) is 0.738. The number of aromatic nitrogens is 2. The maximum atomic E-state index is 11.3. The Labute approximate surface area is 95.5 Å². The summed E-state index contributed by atoms with van der Waals surface area (Å²) in [4.78, 5) is 34.5. The van der Waals surface area contributed by atoms with Crippen LogP contribution in [-0.2, 0) is 11.3 Å². The van der Waals surface area contributed by atoms with Crippen LogP contribution in [0.25, 0.3) is 0 Å². The summed E-state index contributed by atoms with van der Waals surface area (Å²) < 4.78 is 1.26. The first-order chi connectivity index (χ1) is 7.50. The Morgan fingerprint density at radius 3 is 2.75 bits per heavy atom. The number of aromatic amines is 1.